The molecule has 5 aromatic rings. The van der Waals surface area contributed by atoms with Crippen molar-refractivity contribution in [1.82, 2.24) is 41.0 Å². The van der Waals surface area contributed by atoms with Crippen molar-refractivity contribution >= 4 is 35.0 Å². The Labute approximate surface area is 375 Å². The number of amides is 6. The quantitative estimate of drug-likeness (QED) is 0.0611. The van der Waals surface area contributed by atoms with Crippen molar-refractivity contribution < 1.29 is 33.5 Å². The van der Waals surface area contributed by atoms with Crippen LogP contribution in [0.5, 0.6) is 0 Å². The SMILES string of the molecule is CCC(C)CN(C(=O)NN(Cc1ccc(-c2c(C)noc2C)cc1)CC(O)C(Cc1ccccc1)NC(=O)C(C(C)CC)C1CNC(=O)N1Cc1ccnc2ccccc12)C(=O)OC. The Morgan fingerprint density at radius 2 is 1.67 bits per heavy atom. The highest BCUT2D eigenvalue weighted by molar-refractivity contribution is 5.90. The molecule has 15 heteroatoms. The number of carbonyl (C=O) groups is 4. The Balaban J connectivity index is 1.29. The molecule has 6 atom stereocenters. The summed E-state index contributed by atoms with van der Waals surface area (Å²) in [5, 5.41) is 25.1. The van der Waals surface area contributed by atoms with Crippen molar-refractivity contribution in [1.29, 1.82) is 0 Å². The van der Waals surface area contributed by atoms with Gasteiger partial charge in [0, 0.05) is 49.9 Å². The number of aliphatic hydroxyl groups is 1. The van der Waals surface area contributed by atoms with Gasteiger partial charge in [-0.3, -0.25) is 15.2 Å². The van der Waals surface area contributed by atoms with E-state index in [-0.39, 0.29) is 62.9 Å². The largest absolute Gasteiger partial charge is 0.452 e. The number of urea groups is 2. The number of aromatic nitrogens is 2. The summed E-state index contributed by atoms with van der Waals surface area (Å²) in [5.41, 5.74) is 8.87. The van der Waals surface area contributed by atoms with Crippen LogP contribution in [0.1, 0.15) is 68.7 Å². The van der Waals surface area contributed by atoms with E-state index in [2.05, 4.69) is 26.2 Å². The smallest absolute Gasteiger partial charge is 0.417 e. The maximum atomic E-state index is 14.9. The number of methoxy groups -OCH3 is 1. The molecule has 6 unspecified atom stereocenters. The molecule has 3 aromatic carbocycles. The zero-order valence-corrected chi connectivity index (χ0v) is 37.9. The summed E-state index contributed by atoms with van der Waals surface area (Å²) >= 11 is 0. The van der Waals surface area contributed by atoms with E-state index in [9.17, 15) is 24.3 Å². The van der Waals surface area contributed by atoms with Crippen molar-refractivity contribution in [3.8, 4) is 11.1 Å². The molecule has 0 bridgehead atoms. The number of nitrogens with one attached hydrogen (secondary N) is 3. The summed E-state index contributed by atoms with van der Waals surface area (Å²) in [5.74, 6) is -0.377. The van der Waals surface area contributed by atoms with Gasteiger partial charge in [-0.25, -0.2) is 24.3 Å². The van der Waals surface area contributed by atoms with Crippen molar-refractivity contribution in [2.24, 2.45) is 17.8 Å². The summed E-state index contributed by atoms with van der Waals surface area (Å²) in [6.07, 6.45) is 1.36. The zero-order chi connectivity index (χ0) is 45.9. The van der Waals surface area contributed by atoms with Gasteiger partial charge in [0.05, 0.1) is 42.4 Å². The van der Waals surface area contributed by atoms with Crippen LogP contribution in [0.4, 0.5) is 14.4 Å². The molecule has 15 nitrogen and oxygen atoms in total. The molecular formula is C49H62N8O7. The molecule has 340 valence electrons. The van der Waals surface area contributed by atoms with E-state index < -0.39 is 36.2 Å². The summed E-state index contributed by atoms with van der Waals surface area (Å²) in [4.78, 5) is 62.6. The van der Waals surface area contributed by atoms with Crippen molar-refractivity contribution in [3.05, 3.63) is 119 Å². The first kappa shape index (κ1) is 47.2. The molecule has 0 spiro atoms. The normalized spacial score (nSPS) is 16.2. The molecule has 0 saturated carbocycles. The second kappa shape index (κ2) is 21.8. The Bertz CT molecular complexity index is 2330. The monoisotopic (exact) mass is 874 g/mol. The fraction of sp³-hybridized carbons (Fsp3) is 0.429. The van der Waals surface area contributed by atoms with E-state index in [1.807, 2.05) is 126 Å². The van der Waals surface area contributed by atoms with Gasteiger partial charge in [-0.1, -0.05) is 118 Å². The Morgan fingerprint density at radius 1 is 0.953 bits per heavy atom. The van der Waals surface area contributed by atoms with Crippen LogP contribution in [0.15, 0.2) is 95.6 Å². The van der Waals surface area contributed by atoms with Crippen LogP contribution in [0.2, 0.25) is 0 Å². The maximum Gasteiger partial charge on any atom is 0.417 e. The highest BCUT2D eigenvalue weighted by Crippen LogP contribution is 2.30. The lowest BCUT2D eigenvalue weighted by Crippen LogP contribution is -2.57. The third kappa shape index (κ3) is 11.4. The number of ether oxygens (including phenoxy) is 1. The van der Waals surface area contributed by atoms with E-state index in [4.69, 9.17) is 9.26 Å². The lowest BCUT2D eigenvalue weighted by atomic mass is 9.83. The van der Waals surface area contributed by atoms with Crippen LogP contribution in [0, 0.1) is 31.6 Å². The molecule has 0 aliphatic carbocycles. The van der Waals surface area contributed by atoms with Crippen LogP contribution in [0.25, 0.3) is 22.0 Å². The second-order valence-electron chi connectivity index (χ2n) is 16.9. The number of hydrazine groups is 1. The van der Waals surface area contributed by atoms with Crippen molar-refractivity contribution in [2.45, 2.75) is 92.1 Å². The number of nitrogens with zero attached hydrogens (tertiary/aromatic N) is 5. The van der Waals surface area contributed by atoms with E-state index >= 15 is 0 Å². The molecule has 1 aliphatic heterocycles. The molecule has 1 fully saturated rings. The van der Waals surface area contributed by atoms with Gasteiger partial charge < -0.3 is 29.9 Å². The van der Waals surface area contributed by atoms with E-state index in [0.717, 1.165) is 55.7 Å². The average molecular weight is 875 g/mol. The molecule has 1 aliphatic rings. The summed E-state index contributed by atoms with van der Waals surface area (Å²) in [7, 11) is 1.22. The topological polar surface area (TPSA) is 182 Å². The second-order valence-corrected chi connectivity index (χ2v) is 16.9. The Hall–Kier alpha value is -6.32. The van der Waals surface area contributed by atoms with Gasteiger partial charge in [-0.2, -0.15) is 0 Å². The van der Waals surface area contributed by atoms with Crippen molar-refractivity contribution in [3.63, 3.8) is 0 Å². The number of hydrogen-bond donors (Lipinski definition) is 4. The minimum Gasteiger partial charge on any atom is -0.452 e. The van der Waals surface area contributed by atoms with Crippen molar-refractivity contribution in [2.75, 3.05) is 26.7 Å². The Morgan fingerprint density at radius 3 is 2.34 bits per heavy atom. The molecule has 0 radical (unpaired) electrons. The number of imide groups is 1. The van der Waals surface area contributed by atoms with Crippen LogP contribution >= 0.6 is 0 Å². The average Bonchev–Trinajstić information content (AvgIpc) is 3.83. The van der Waals surface area contributed by atoms with Crippen LogP contribution < -0.4 is 16.1 Å². The predicted octanol–water partition coefficient (Wildman–Crippen LogP) is 7.39. The Kier molecular flexibility index (Phi) is 16.1. The molecule has 6 amide bonds. The number of fused-ring (bicyclic) bond motifs is 1. The third-order valence-corrected chi connectivity index (χ3v) is 12.4. The molecular weight excluding hydrogens is 813 g/mol. The highest BCUT2D eigenvalue weighted by atomic mass is 16.5. The van der Waals surface area contributed by atoms with Gasteiger partial charge in [-0.05, 0) is 66.5 Å². The summed E-state index contributed by atoms with van der Waals surface area (Å²) in [6, 6.07) is 24.7. The first-order valence-corrected chi connectivity index (χ1v) is 22.1. The fourth-order valence-electron chi connectivity index (χ4n) is 8.42. The van der Waals surface area contributed by atoms with Crippen LogP contribution in [-0.2, 0) is 29.0 Å². The number of rotatable bonds is 19. The fourth-order valence-corrected chi connectivity index (χ4v) is 8.42. The number of carbonyl (C=O) groups excluding carboxylic acids is 4. The number of hydrogen-bond acceptors (Lipinski definition) is 10. The standard InChI is InChI=1S/C49H62N8O7/c1-8-31(3)27-57(49(62)63-7)48(61)53-55(28-36-19-21-37(22-20-36)45-33(5)54-64-34(45)6)30-43(58)41(25-35-15-11-10-12-16-35)52-46(59)44(32(4)9-2)42-26-51-47(60)56(42)29-38-23-24-50-40-18-14-13-17-39(38)40/h10-24,31-32,41-44,58H,8-9,25-30H2,1-7H3,(H,51,60)(H,52,59)(H,53,61). The number of aryl methyl sites for hydroxylation is 2. The van der Waals surface area contributed by atoms with Gasteiger partial charge in [0.25, 0.3) is 0 Å². The molecule has 3 heterocycles. The molecule has 6 rings (SSSR count). The van der Waals surface area contributed by atoms with E-state index in [0.29, 0.717) is 12.2 Å². The minimum absolute atomic E-state index is 0.00462. The van der Waals surface area contributed by atoms with Gasteiger partial charge in [0.1, 0.15) is 5.76 Å². The van der Waals surface area contributed by atoms with Gasteiger partial charge in [0.15, 0.2) is 0 Å². The number of pyridine rings is 1. The summed E-state index contributed by atoms with van der Waals surface area (Å²) in [6.45, 7) is 12.4. The predicted molar refractivity (Wildman–Crippen MR) is 244 cm³/mol. The molecule has 64 heavy (non-hydrogen) atoms. The third-order valence-electron chi connectivity index (χ3n) is 12.4. The number of aliphatic hydroxyl groups excluding tert-OH is 1. The van der Waals surface area contributed by atoms with Gasteiger partial charge >= 0.3 is 18.2 Å². The molecule has 2 aromatic heterocycles. The highest BCUT2D eigenvalue weighted by Gasteiger charge is 2.43. The first-order chi connectivity index (χ1) is 30.8. The lowest BCUT2D eigenvalue weighted by Gasteiger charge is -2.36. The van der Waals surface area contributed by atoms with Gasteiger partial charge in [-0.15, -0.1) is 0 Å². The van der Waals surface area contributed by atoms with E-state index in [1.54, 1.807) is 16.1 Å². The van der Waals surface area contributed by atoms with Crippen LogP contribution in [-0.4, -0.2) is 99.1 Å². The number of benzene rings is 3. The summed E-state index contributed by atoms with van der Waals surface area (Å²) < 4.78 is 10.4. The van der Waals surface area contributed by atoms with Crippen LogP contribution in [0.3, 0.4) is 0 Å². The molecule has 4 N–H and O–H groups in total. The van der Waals surface area contributed by atoms with Gasteiger partial charge in [0.2, 0.25) is 5.91 Å². The van der Waals surface area contributed by atoms with E-state index in [1.165, 1.54) is 7.11 Å². The maximum absolute atomic E-state index is 14.9. The lowest BCUT2D eigenvalue weighted by molar-refractivity contribution is -0.130. The zero-order valence-electron chi connectivity index (χ0n) is 37.9. The molecule has 1 saturated heterocycles. The first-order valence-electron chi connectivity index (χ1n) is 22.1. The minimum atomic E-state index is -1.23. The number of para-hydroxylation sites is 1.